The van der Waals surface area contributed by atoms with Gasteiger partial charge in [-0.05, 0) is 34.7 Å². The monoisotopic (exact) mass is 331 g/mol. The summed E-state index contributed by atoms with van der Waals surface area (Å²) in [5.41, 5.74) is -1.92. The summed E-state index contributed by atoms with van der Waals surface area (Å²) in [4.78, 5) is 4.07. The van der Waals surface area contributed by atoms with Crippen molar-refractivity contribution in [1.29, 1.82) is 0 Å². The number of nitrogens with one attached hydrogen (secondary N) is 1. The van der Waals surface area contributed by atoms with Crippen LogP contribution in [0, 0.1) is 0 Å². The fourth-order valence-corrected chi connectivity index (χ4v) is 2.11. The molecule has 2 aromatic rings. The van der Waals surface area contributed by atoms with Crippen molar-refractivity contribution in [2.24, 2.45) is 0 Å². The largest absolute Gasteiger partial charge is 0.433 e. The van der Waals surface area contributed by atoms with E-state index in [1.807, 2.05) is 6.92 Å². The Morgan fingerprint density at radius 1 is 1.30 bits per heavy atom. The molecule has 2 heterocycles. The lowest BCUT2D eigenvalue weighted by Gasteiger charge is -2.23. The predicted molar refractivity (Wildman–Crippen MR) is 77.7 cm³/mol. The molecular formula is C14H20F3N5O. The molecule has 0 saturated heterocycles. The molecule has 9 heteroatoms. The molecule has 6 nitrogen and oxygen atoms in total. The molecule has 1 N–H and O–H groups in total. The summed E-state index contributed by atoms with van der Waals surface area (Å²) in [6, 6.07) is 0.0832. The maximum Gasteiger partial charge on any atom is 0.433 e. The van der Waals surface area contributed by atoms with Crippen molar-refractivity contribution in [3.8, 4) is 11.5 Å². The molecule has 0 aliphatic heterocycles. The Hall–Kier alpha value is -1.90. The molecule has 0 amide bonds. The minimum Gasteiger partial charge on any atom is -0.334 e. The summed E-state index contributed by atoms with van der Waals surface area (Å²) in [7, 11) is 1.78. The molecule has 0 fully saturated rings. The summed E-state index contributed by atoms with van der Waals surface area (Å²) in [6.07, 6.45) is -3.01. The van der Waals surface area contributed by atoms with E-state index in [1.165, 1.54) is 0 Å². The van der Waals surface area contributed by atoms with Gasteiger partial charge in [-0.2, -0.15) is 23.3 Å². The lowest BCUT2D eigenvalue weighted by atomic mass is 10.1. The van der Waals surface area contributed by atoms with E-state index in [9.17, 15) is 13.2 Å². The van der Waals surface area contributed by atoms with Gasteiger partial charge >= 0.3 is 6.18 Å². The van der Waals surface area contributed by atoms with E-state index in [4.69, 9.17) is 4.52 Å². The van der Waals surface area contributed by atoms with Crippen LogP contribution < -0.4 is 5.32 Å². The molecule has 0 aliphatic carbocycles. The Bertz CT molecular complexity index is 669. The van der Waals surface area contributed by atoms with Crippen LogP contribution in [0.15, 0.2) is 10.7 Å². The molecule has 2 rings (SSSR count). The summed E-state index contributed by atoms with van der Waals surface area (Å²) < 4.78 is 46.4. The predicted octanol–water partition coefficient (Wildman–Crippen LogP) is 2.86. The Kier molecular flexibility index (Phi) is 4.52. The Balaban J connectivity index is 2.46. The van der Waals surface area contributed by atoms with E-state index in [-0.39, 0.29) is 17.5 Å². The zero-order chi connectivity index (χ0) is 17.4. The second-order valence-corrected chi connectivity index (χ2v) is 6.40. The Labute approximate surface area is 132 Å². The fourth-order valence-electron chi connectivity index (χ4n) is 2.11. The normalized spacial score (nSPS) is 14.3. The topological polar surface area (TPSA) is 68.8 Å². The van der Waals surface area contributed by atoms with Gasteiger partial charge in [-0.3, -0.25) is 4.68 Å². The summed E-state index contributed by atoms with van der Waals surface area (Å²) in [5, 5.41) is 10.6. The van der Waals surface area contributed by atoms with E-state index < -0.39 is 17.4 Å². The van der Waals surface area contributed by atoms with Gasteiger partial charge < -0.3 is 9.84 Å². The summed E-state index contributed by atoms with van der Waals surface area (Å²) in [6.45, 7) is 6.85. The van der Waals surface area contributed by atoms with Crippen molar-refractivity contribution in [3.63, 3.8) is 0 Å². The highest BCUT2D eigenvalue weighted by Gasteiger charge is 2.42. The fraction of sp³-hybridized carbons (Fsp3) is 0.643. The van der Waals surface area contributed by atoms with Crippen LogP contribution in [0.4, 0.5) is 13.2 Å². The van der Waals surface area contributed by atoms with Crippen LogP contribution in [0.1, 0.15) is 39.2 Å². The number of halogens is 3. The van der Waals surface area contributed by atoms with Crippen molar-refractivity contribution in [2.45, 2.75) is 51.9 Å². The molecule has 0 spiro atoms. The van der Waals surface area contributed by atoms with Crippen LogP contribution in [-0.4, -0.2) is 33.0 Å². The zero-order valence-corrected chi connectivity index (χ0v) is 13.7. The molecule has 23 heavy (non-hydrogen) atoms. The number of hydrogen-bond acceptors (Lipinski definition) is 5. The number of alkyl halides is 3. The second-order valence-electron chi connectivity index (χ2n) is 6.40. The van der Waals surface area contributed by atoms with Crippen molar-refractivity contribution in [2.75, 3.05) is 7.05 Å². The number of nitrogens with zero attached hydrogens (tertiary/aromatic N) is 4. The summed E-state index contributed by atoms with van der Waals surface area (Å²) in [5.74, 6) is 0.171. The van der Waals surface area contributed by atoms with E-state index in [0.717, 1.165) is 10.9 Å². The van der Waals surface area contributed by atoms with Crippen molar-refractivity contribution < 1.29 is 17.7 Å². The maximum absolute atomic E-state index is 13.5. The van der Waals surface area contributed by atoms with Crippen LogP contribution in [-0.2, 0) is 18.1 Å². The zero-order valence-electron chi connectivity index (χ0n) is 13.7. The highest BCUT2D eigenvalue weighted by atomic mass is 19.4. The molecule has 128 valence electrons. The molecule has 0 radical (unpaired) electrons. The van der Waals surface area contributed by atoms with Gasteiger partial charge in [0.05, 0.1) is 17.3 Å². The van der Waals surface area contributed by atoms with Crippen LogP contribution in [0.5, 0.6) is 0 Å². The molecular weight excluding hydrogens is 311 g/mol. The third-order valence-electron chi connectivity index (χ3n) is 3.35. The van der Waals surface area contributed by atoms with Crippen LogP contribution in [0.25, 0.3) is 11.5 Å². The molecule has 1 atom stereocenters. The lowest BCUT2D eigenvalue weighted by molar-refractivity contribution is -0.145. The first kappa shape index (κ1) is 17.5. The average Bonchev–Trinajstić information content (AvgIpc) is 3.02. The minimum absolute atomic E-state index is 0.0832. The first-order chi connectivity index (χ1) is 10.5. The summed E-state index contributed by atoms with van der Waals surface area (Å²) >= 11 is 0. The highest BCUT2D eigenvalue weighted by Crippen LogP contribution is 2.38. The number of likely N-dealkylation sites (N-methyl/N-ethyl adjacent to an activating group) is 1. The number of hydrogen-bond donors (Lipinski definition) is 1. The quantitative estimate of drug-likeness (QED) is 0.933. The minimum atomic E-state index is -4.58. The van der Waals surface area contributed by atoms with Crippen LogP contribution in [0.2, 0.25) is 0 Å². The molecule has 0 bridgehead atoms. The van der Waals surface area contributed by atoms with Crippen molar-refractivity contribution in [3.05, 3.63) is 17.7 Å². The van der Waals surface area contributed by atoms with Gasteiger partial charge in [-0.25, -0.2) is 0 Å². The SMILES string of the molecule is CNC(C)Cc1noc(-c2cnn(C(C)(C)C)c2C(F)(F)F)n1. The second kappa shape index (κ2) is 5.95. The Morgan fingerprint density at radius 3 is 2.48 bits per heavy atom. The van der Waals surface area contributed by atoms with Crippen molar-refractivity contribution in [1.82, 2.24) is 25.2 Å². The van der Waals surface area contributed by atoms with E-state index in [2.05, 4.69) is 20.6 Å². The van der Waals surface area contributed by atoms with Gasteiger partial charge in [0.1, 0.15) is 0 Å². The molecule has 0 aliphatic rings. The third-order valence-corrected chi connectivity index (χ3v) is 3.35. The third kappa shape index (κ3) is 3.72. The first-order valence-corrected chi connectivity index (χ1v) is 7.20. The number of aromatic nitrogens is 4. The van der Waals surface area contributed by atoms with Gasteiger partial charge in [-0.1, -0.05) is 5.16 Å². The van der Waals surface area contributed by atoms with Gasteiger partial charge in [0.25, 0.3) is 5.89 Å². The van der Waals surface area contributed by atoms with Gasteiger partial charge in [0.2, 0.25) is 0 Å². The van der Waals surface area contributed by atoms with Gasteiger partial charge in [-0.15, -0.1) is 0 Å². The molecule has 2 aromatic heterocycles. The van der Waals surface area contributed by atoms with Crippen LogP contribution in [0.3, 0.4) is 0 Å². The molecule has 1 unspecified atom stereocenters. The average molecular weight is 331 g/mol. The van der Waals surface area contributed by atoms with Gasteiger partial charge in [0, 0.05) is 12.5 Å². The van der Waals surface area contributed by atoms with E-state index in [0.29, 0.717) is 12.2 Å². The lowest BCUT2D eigenvalue weighted by Crippen LogP contribution is -2.29. The molecule has 0 saturated carbocycles. The van der Waals surface area contributed by atoms with E-state index in [1.54, 1.807) is 27.8 Å². The molecule has 0 aromatic carbocycles. The maximum atomic E-state index is 13.5. The highest BCUT2D eigenvalue weighted by molar-refractivity contribution is 5.56. The van der Waals surface area contributed by atoms with Crippen molar-refractivity contribution >= 4 is 0 Å². The van der Waals surface area contributed by atoms with Crippen LogP contribution >= 0.6 is 0 Å². The number of rotatable bonds is 4. The van der Waals surface area contributed by atoms with Gasteiger partial charge in [0.15, 0.2) is 11.5 Å². The van der Waals surface area contributed by atoms with E-state index >= 15 is 0 Å². The standard InChI is InChI=1S/C14H20F3N5O/c1-8(18-5)6-10-20-12(23-21-10)9-7-19-22(13(2,3)4)11(9)14(15,16)17/h7-8,18H,6H2,1-5H3. The first-order valence-electron chi connectivity index (χ1n) is 7.20. The smallest absolute Gasteiger partial charge is 0.334 e. The Morgan fingerprint density at radius 2 is 1.96 bits per heavy atom.